The van der Waals surface area contributed by atoms with Crippen LogP contribution in [0.2, 0.25) is 0 Å². The van der Waals surface area contributed by atoms with Crippen molar-refractivity contribution in [3.05, 3.63) is 23.8 Å². The third-order valence-corrected chi connectivity index (χ3v) is 3.55. The maximum atomic E-state index is 11.5. The lowest BCUT2D eigenvalue weighted by molar-refractivity contribution is 0.100. The molecular weight excluding hydrogens is 242 g/mol. The summed E-state index contributed by atoms with van der Waals surface area (Å²) in [5.41, 5.74) is 7.51. The number of hydrogen-bond donors (Lipinski definition) is 2. The van der Waals surface area contributed by atoms with E-state index in [0.29, 0.717) is 11.1 Å². The van der Waals surface area contributed by atoms with Crippen molar-refractivity contribution in [2.24, 2.45) is 12.8 Å². The Balaban J connectivity index is 2.13. The van der Waals surface area contributed by atoms with Crippen LogP contribution >= 0.6 is 0 Å². The molecule has 0 unspecified atom stereocenters. The minimum Gasteiger partial charge on any atom is -0.366 e. The molecule has 2 aromatic rings. The van der Waals surface area contributed by atoms with Gasteiger partial charge in [0.05, 0.1) is 11.1 Å². The third kappa shape index (κ3) is 1.94. The summed E-state index contributed by atoms with van der Waals surface area (Å²) in [4.78, 5) is 18.3. The molecule has 3 rings (SSSR count). The van der Waals surface area contributed by atoms with Crippen LogP contribution in [0.3, 0.4) is 0 Å². The minimum absolute atomic E-state index is 0.435. The Bertz CT molecular complexity index is 627. The molecule has 0 radical (unpaired) electrons. The van der Waals surface area contributed by atoms with E-state index in [1.54, 1.807) is 6.07 Å². The fourth-order valence-electron chi connectivity index (χ4n) is 2.55. The summed E-state index contributed by atoms with van der Waals surface area (Å²) in [7, 11) is 1.97. The molecular formula is C13H17N5O. The number of hydrogen-bond acceptors (Lipinski definition) is 4. The van der Waals surface area contributed by atoms with Gasteiger partial charge in [-0.2, -0.15) is 0 Å². The molecule has 0 aliphatic carbocycles. The first-order valence-corrected chi connectivity index (χ1v) is 6.39. The molecule has 2 heterocycles. The van der Waals surface area contributed by atoms with E-state index in [0.717, 1.165) is 37.6 Å². The Morgan fingerprint density at radius 1 is 1.37 bits per heavy atom. The van der Waals surface area contributed by atoms with Crippen molar-refractivity contribution in [3.8, 4) is 0 Å². The van der Waals surface area contributed by atoms with Crippen LogP contribution in [0.5, 0.6) is 0 Å². The summed E-state index contributed by atoms with van der Waals surface area (Å²) < 4.78 is 2.02. The van der Waals surface area contributed by atoms with E-state index in [1.165, 1.54) is 0 Å². The molecule has 100 valence electrons. The molecule has 19 heavy (non-hydrogen) atoms. The van der Waals surface area contributed by atoms with E-state index in [2.05, 4.69) is 15.2 Å². The van der Waals surface area contributed by atoms with Crippen LogP contribution in [0.15, 0.2) is 18.2 Å². The van der Waals surface area contributed by atoms with Crippen molar-refractivity contribution in [1.82, 2.24) is 14.9 Å². The first-order valence-electron chi connectivity index (χ1n) is 6.39. The first-order chi connectivity index (χ1) is 9.18. The van der Waals surface area contributed by atoms with Gasteiger partial charge in [0.25, 0.3) is 5.91 Å². The lowest BCUT2D eigenvalue weighted by Gasteiger charge is -2.28. The van der Waals surface area contributed by atoms with Gasteiger partial charge >= 0.3 is 0 Å². The number of imidazole rings is 1. The SMILES string of the molecule is Cn1c(N2CCNCC2)nc2c(C(N)=O)cccc21. The molecule has 3 N–H and O–H groups in total. The van der Waals surface area contributed by atoms with Crippen LogP contribution in [0.1, 0.15) is 10.4 Å². The van der Waals surface area contributed by atoms with Gasteiger partial charge < -0.3 is 20.5 Å². The number of aryl methyl sites for hydroxylation is 1. The Morgan fingerprint density at radius 3 is 2.79 bits per heavy atom. The van der Waals surface area contributed by atoms with Crippen molar-refractivity contribution >= 4 is 22.9 Å². The van der Waals surface area contributed by atoms with Gasteiger partial charge in [-0.15, -0.1) is 0 Å². The second kappa shape index (κ2) is 4.55. The monoisotopic (exact) mass is 259 g/mol. The number of fused-ring (bicyclic) bond motifs is 1. The standard InChI is InChI=1S/C13H17N5O/c1-17-10-4-2-3-9(12(14)19)11(10)16-13(17)18-7-5-15-6-8-18/h2-4,15H,5-8H2,1H3,(H2,14,19). The number of carbonyl (C=O) groups is 1. The van der Waals surface area contributed by atoms with Crippen molar-refractivity contribution in [1.29, 1.82) is 0 Å². The molecule has 1 aromatic carbocycles. The molecule has 0 bridgehead atoms. The maximum Gasteiger partial charge on any atom is 0.250 e. The number of nitrogens with one attached hydrogen (secondary N) is 1. The number of aromatic nitrogens is 2. The molecule has 0 spiro atoms. The van der Waals surface area contributed by atoms with Crippen LogP contribution in [0.4, 0.5) is 5.95 Å². The smallest absolute Gasteiger partial charge is 0.250 e. The zero-order valence-corrected chi connectivity index (χ0v) is 10.9. The number of nitrogens with zero attached hydrogens (tertiary/aromatic N) is 3. The third-order valence-electron chi connectivity index (χ3n) is 3.55. The molecule has 0 atom stereocenters. The fraction of sp³-hybridized carbons (Fsp3) is 0.385. The topological polar surface area (TPSA) is 76.2 Å². The number of piperazine rings is 1. The molecule has 1 saturated heterocycles. The van der Waals surface area contributed by atoms with Crippen molar-refractivity contribution in [2.45, 2.75) is 0 Å². The second-order valence-electron chi connectivity index (χ2n) is 4.75. The lowest BCUT2D eigenvalue weighted by Crippen LogP contribution is -2.44. The number of rotatable bonds is 2. The van der Waals surface area contributed by atoms with Crippen LogP contribution in [-0.4, -0.2) is 41.6 Å². The Morgan fingerprint density at radius 2 is 2.11 bits per heavy atom. The highest BCUT2D eigenvalue weighted by atomic mass is 16.1. The van der Waals surface area contributed by atoms with Crippen LogP contribution < -0.4 is 16.0 Å². The minimum atomic E-state index is -0.435. The van der Waals surface area contributed by atoms with E-state index in [-0.39, 0.29) is 0 Å². The van der Waals surface area contributed by atoms with Crippen molar-refractivity contribution in [2.75, 3.05) is 31.1 Å². The summed E-state index contributed by atoms with van der Waals surface area (Å²) in [6.45, 7) is 3.74. The number of nitrogens with two attached hydrogens (primary N) is 1. The zero-order chi connectivity index (χ0) is 13.4. The van der Waals surface area contributed by atoms with Gasteiger partial charge in [-0.05, 0) is 12.1 Å². The predicted molar refractivity (Wildman–Crippen MR) is 74.3 cm³/mol. The van der Waals surface area contributed by atoms with Crippen LogP contribution in [-0.2, 0) is 7.05 Å². The van der Waals surface area contributed by atoms with E-state index in [9.17, 15) is 4.79 Å². The van der Waals surface area contributed by atoms with Crippen molar-refractivity contribution in [3.63, 3.8) is 0 Å². The van der Waals surface area contributed by atoms with Gasteiger partial charge in [-0.1, -0.05) is 6.07 Å². The number of amides is 1. The Labute approximate surface area is 111 Å². The number of carbonyl (C=O) groups excluding carboxylic acids is 1. The van der Waals surface area contributed by atoms with Gasteiger partial charge in [0.2, 0.25) is 5.95 Å². The molecule has 6 heteroatoms. The van der Waals surface area contributed by atoms with E-state index >= 15 is 0 Å². The second-order valence-corrected chi connectivity index (χ2v) is 4.75. The highest BCUT2D eigenvalue weighted by molar-refractivity contribution is 6.04. The van der Waals surface area contributed by atoms with E-state index in [1.807, 2.05) is 23.7 Å². The number of anilines is 1. The number of benzene rings is 1. The molecule has 1 aromatic heterocycles. The zero-order valence-electron chi connectivity index (χ0n) is 10.9. The molecule has 6 nitrogen and oxygen atoms in total. The fourth-order valence-corrected chi connectivity index (χ4v) is 2.55. The van der Waals surface area contributed by atoms with Crippen LogP contribution in [0, 0.1) is 0 Å². The van der Waals surface area contributed by atoms with Crippen molar-refractivity contribution < 1.29 is 4.79 Å². The summed E-state index contributed by atoms with van der Waals surface area (Å²) in [6, 6.07) is 5.52. The highest BCUT2D eigenvalue weighted by Crippen LogP contribution is 2.24. The molecule has 1 aliphatic heterocycles. The Kier molecular flexibility index (Phi) is 2.87. The van der Waals surface area contributed by atoms with Gasteiger partial charge in [-0.25, -0.2) is 4.98 Å². The quantitative estimate of drug-likeness (QED) is 0.801. The molecule has 1 fully saturated rings. The number of para-hydroxylation sites is 1. The predicted octanol–water partition coefficient (Wildman–Crippen LogP) is 0.0818. The van der Waals surface area contributed by atoms with Gasteiger partial charge in [0, 0.05) is 33.2 Å². The molecule has 0 saturated carbocycles. The average molecular weight is 259 g/mol. The summed E-state index contributed by atoms with van der Waals surface area (Å²) >= 11 is 0. The molecule has 1 aliphatic rings. The number of primary amides is 1. The summed E-state index contributed by atoms with van der Waals surface area (Å²) in [5, 5.41) is 3.31. The lowest BCUT2D eigenvalue weighted by atomic mass is 10.2. The van der Waals surface area contributed by atoms with Crippen LogP contribution in [0.25, 0.3) is 11.0 Å². The van der Waals surface area contributed by atoms with Gasteiger partial charge in [0.15, 0.2) is 0 Å². The van der Waals surface area contributed by atoms with E-state index < -0.39 is 5.91 Å². The maximum absolute atomic E-state index is 11.5. The average Bonchev–Trinajstić information content (AvgIpc) is 2.77. The van der Waals surface area contributed by atoms with Gasteiger partial charge in [0.1, 0.15) is 5.52 Å². The normalized spacial score (nSPS) is 15.9. The summed E-state index contributed by atoms with van der Waals surface area (Å²) in [6.07, 6.45) is 0. The van der Waals surface area contributed by atoms with E-state index in [4.69, 9.17) is 5.73 Å². The summed E-state index contributed by atoms with van der Waals surface area (Å²) in [5.74, 6) is 0.459. The first kappa shape index (κ1) is 12.0. The Hall–Kier alpha value is -2.08. The molecule has 1 amide bonds. The van der Waals surface area contributed by atoms with Gasteiger partial charge in [-0.3, -0.25) is 4.79 Å². The largest absolute Gasteiger partial charge is 0.366 e. The highest BCUT2D eigenvalue weighted by Gasteiger charge is 2.19.